The second-order valence-electron chi connectivity index (χ2n) is 22.8. The Hall–Kier alpha value is -11.8. The van der Waals surface area contributed by atoms with Crippen molar-refractivity contribution in [1.82, 2.24) is 57.4 Å². The van der Waals surface area contributed by atoms with Crippen molar-refractivity contribution in [2.45, 2.75) is 13.8 Å². The van der Waals surface area contributed by atoms with Crippen LogP contribution in [-0.2, 0) is 0 Å². The molecule has 0 radical (unpaired) electrons. The molecule has 0 spiro atoms. The van der Waals surface area contributed by atoms with E-state index in [0.717, 1.165) is 132 Å². The minimum absolute atomic E-state index is 0.611. The molecule has 0 aliphatic heterocycles. The molecule has 0 saturated carbocycles. The summed E-state index contributed by atoms with van der Waals surface area (Å²) in [6.07, 6.45) is 0. The number of fused-ring (bicyclic) bond motifs is 12. The highest BCUT2D eigenvalue weighted by atomic mass is 32.1. The Bertz CT molecular complexity index is 5750. The van der Waals surface area contributed by atoms with E-state index in [1.165, 1.54) is 45.4 Å². The maximum Gasteiger partial charge on any atom is 0.164 e. The molecule has 0 aliphatic rings. The minimum atomic E-state index is 0.611. The third kappa shape index (κ3) is 9.96. The van der Waals surface area contributed by atoms with Crippen LogP contribution in [0.4, 0.5) is 0 Å². The van der Waals surface area contributed by atoms with Gasteiger partial charge in [0, 0.05) is 76.8 Å². The zero-order chi connectivity index (χ0) is 61.2. The van der Waals surface area contributed by atoms with Crippen molar-refractivity contribution in [1.29, 1.82) is 0 Å². The first-order chi connectivity index (χ1) is 45.3. The zero-order valence-electron chi connectivity index (χ0n) is 49.4. The van der Waals surface area contributed by atoms with Crippen LogP contribution in [0, 0.1) is 13.8 Å². The van der Waals surface area contributed by atoms with Crippen molar-refractivity contribution < 1.29 is 0 Å². The number of para-hydroxylation sites is 2. The maximum absolute atomic E-state index is 5.14. The third-order valence-corrected chi connectivity index (χ3v) is 18.0. The van der Waals surface area contributed by atoms with Crippen molar-refractivity contribution in [3.8, 4) is 90.8 Å². The van der Waals surface area contributed by atoms with Crippen molar-refractivity contribution >= 4 is 110 Å². The minimum Gasteiger partial charge on any atom is -0.247 e. The van der Waals surface area contributed by atoms with Gasteiger partial charge in [0.1, 0.15) is 22.1 Å². The first-order valence-corrected chi connectivity index (χ1v) is 31.6. The molecule has 0 bridgehead atoms. The SMILES string of the molecule is Cc1ccc(-c2nc(-c3ccc(C)cc3)nc(-c3ccc(-c4nc5ccccc5c5c4ccc4nsnc45)cc3)n2)cc1.c1ccc2cc(-c3nc(-c4ccc(-c5nc6ccccc6c6c5ccc5nsnc56)cc4)nc(-c4ccc5ccccc5c4)n3)ccc2c1. The van der Waals surface area contributed by atoms with Gasteiger partial charge in [0.05, 0.1) is 45.9 Å². The van der Waals surface area contributed by atoms with E-state index in [1.807, 2.05) is 36.4 Å². The lowest BCUT2D eigenvalue weighted by atomic mass is 9.98. The van der Waals surface area contributed by atoms with Crippen LogP contribution in [0.25, 0.3) is 178 Å². The Kier molecular flexibility index (Phi) is 13.4. The van der Waals surface area contributed by atoms with Crippen LogP contribution in [0.2, 0.25) is 0 Å². The van der Waals surface area contributed by atoms with Gasteiger partial charge >= 0.3 is 0 Å². The van der Waals surface area contributed by atoms with Crippen LogP contribution in [0.15, 0.2) is 255 Å². The van der Waals surface area contributed by atoms with Crippen LogP contribution >= 0.6 is 23.5 Å². The van der Waals surface area contributed by atoms with Gasteiger partial charge in [-0.25, -0.2) is 39.9 Å². The molecule has 18 rings (SSSR count). The zero-order valence-corrected chi connectivity index (χ0v) is 51.1. The fourth-order valence-corrected chi connectivity index (χ4v) is 13.2. The summed E-state index contributed by atoms with van der Waals surface area (Å²) in [5.74, 6) is 3.79. The molecule has 92 heavy (non-hydrogen) atoms. The molecule has 0 N–H and O–H groups in total. The number of nitrogens with zero attached hydrogens (tertiary/aromatic N) is 12. The van der Waals surface area contributed by atoms with Crippen molar-refractivity contribution in [2.24, 2.45) is 0 Å². The van der Waals surface area contributed by atoms with Crippen LogP contribution in [0.5, 0.6) is 0 Å². The Labute approximate surface area is 535 Å². The molecular formula is C78H48N12S2. The maximum atomic E-state index is 5.14. The summed E-state index contributed by atoms with van der Waals surface area (Å²) >= 11 is 2.48. The van der Waals surface area contributed by atoms with Gasteiger partial charge in [-0.2, -0.15) is 17.5 Å². The molecule has 0 fully saturated rings. The summed E-state index contributed by atoms with van der Waals surface area (Å²) in [6, 6.07) is 87.3. The molecule has 0 amide bonds. The van der Waals surface area contributed by atoms with Gasteiger partial charge in [-0.05, 0) is 83.9 Å². The van der Waals surface area contributed by atoms with Crippen LogP contribution < -0.4 is 0 Å². The fourth-order valence-electron chi connectivity index (χ4n) is 12.2. The molecule has 12 aromatic carbocycles. The highest BCUT2D eigenvalue weighted by molar-refractivity contribution is 7.00. The molecule has 6 aromatic heterocycles. The van der Waals surface area contributed by atoms with Crippen molar-refractivity contribution in [3.63, 3.8) is 0 Å². The summed E-state index contributed by atoms with van der Waals surface area (Å²) in [6.45, 7) is 4.15. The molecule has 0 unspecified atom stereocenters. The number of aromatic nitrogens is 12. The predicted octanol–water partition coefficient (Wildman–Crippen LogP) is 19.4. The van der Waals surface area contributed by atoms with Gasteiger partial charge in [-0.3, -0.25) is 0 Å². The lowest BCUT2D eigenvalue weighted by molar-refractivity contribution is 1.07. The third-order valence-electron chi connectivity index (χ3n) is 16.9. The number of benzene rings is 12. The Morgan fingerprint density at radius 2 is 0.543 bits per heavy atom. The molecule has 12 nitrogen and oxygen atoms in total. The van der Waals surface area contributed by atoms with Gasteiger partial charge in [0.25, 0.3) is 0 Å². The number of hydrogen-bond acceptors (Lipinski definition) is 14. The highest BCUT2D eigenvalue weighted by Gasteiger charge is 2.20. The van der Waals surface area contributed by atoms with Gasteiger partial charge in [0.2, 0.25) is 0 Å². The van der Waals surface area contributed by atoms with E-state index < -0.39 is 0 Å². The first kappa shape index (κ1) is 54.3. The Morgan fingerprint density at radius 1 is 0.228 bits per heavy atom. The van der Waals surface area contributed by atoms with Crippen LogP contribution in [-0.4, -0.2) is 57.4 Å². The lowest BCUT2D eigenvalue weighted by Crippen LogP contribution is -2.00. The Morgan fingerprint density at radius 3 is 0.935 bits per heavy atom. The fraction of sp³-hybridized carbons (Fsp3) is 0.0256. The average Bonchev–Trinajstić information content (AvgIpc) is 1.24. The molecule has 14 heteroatoms. The molecular weight excluding hydrogens is 1170 g/mol. The molecule has 0 saturated heterocycles. The van der Waals surface area contributed by atoms with Crippen molar-refractivity contribution in [3.05, 3.63) is 266 Å². The predicted molar refractivity (Wildman–Crippen MR) is 375 cm³/mol. The first-order valence-electron chi connectivity index (χ1n) is 30.1. The quantitative estimate of drug-likeness (QED) is 0.133. The summed E-state index contributed by atoms with van der Waals surface area (Å²) in [4.78, 5) is 40.0. The number of hydrogen-bond donors (Lipinski definition) is 0. The number of pyridine rings is 2. The summed E-state index contributed by atoms with van der Waals surface area (Å²) in [7, 11) is 0. The summed E-state index contributed by atoms with van der Waals surface area (Å²) in [5, 5.41) is 11.0. The number of aryl methyl sites for hydroxylation is 2. The van der Waals surface area contributed by atoms with E-state index in [1.54, 1.807) is 0 Å². The van der Waals surface area contributed by atoms with E-state index in [9.17, 15) is 0 Å². The topological polar surface area (TPSA) is 155 Å². The molecule has 0 atom stereocenters. The second kappa shape index (κ2) is 22.6. The van der Waals surface area contributed by atoms with Crippen molar-refractivity contribution in [2.75, 3.05) is 0 Å². The van der Waals surface area contributed by atoms with E-state index >= 15 is 0 Å². The monoisotopic (exact) mass is 1220 g/mol. The smallest absolute Gasteiger partial charge is 0.164 e. The summed E-state index contributed by atoms with van der Waals surface area (Å²) in [5.41, 5.74) is 17.3. The molecule has 0 aliphatic carbocycles. The highest BCUT2D eigenvalue weighted by Crippen LogP contribution is 2.40. The summed E-state index contributed by atoms with van der Waals surface area (Å²) < 4.78 is 18.3. The van der Waals surface area contributed by atoms with E-state index in [2.05, 4.69) is 250 Å². The van der Waals surface area contributed by atoms with Gasteiger partial charge in [-0.1, -0.05) is 217 Å². The molecule has 6 heterocycles. The van der Waals surface area contributed by atoms with Gasteiger partial charge in [-0.15, -0.1) is 0 Å². The average molecular weight is 1220 g/mol. The molecule has 18 aromatic rings. The largest absolute Gasteiger partial charge is 0.247 e. The number of rotatable bonds is 8. The van der Waals surface area contributed by atoms with Gasteiger partial charge < -0.3 is 0 Å². The Balaban J connectivity index is 0.000000142. The van der Waals surface area contributed by atoms with E-state index in [0.29, 0.717) is 34.9 Å². The van der Waals surface area contributed by atoms with Gasteiger partial charge in [0.15, 0.2) is 34.9 Å². The lowest BCUT2D eigenvalue weighted by Gasteiger charge is -2.12. The molecule has 432 valence electrons. The van der Waals surface area contributed by atoms with Crippen LogP contribution in [0.3, 0.4) is 0 Å². The second-order valence-corrected chi connectivity index (χ2v) is 23.9. The normalized spacial score (nSPS) is 11.6. The van der Waals surface area contributed by atoms with E-state index in [4.69, 9.17) is 39.9 Å². The standard InChI is InChI=1S/C42H24N6S.C36H24N6S/c1-3-9-29-23-31(19-13-25(29)7-1)41-44-40(45-42(46-41)32-20-14-26-8-2-4-10-30(26)24-32)28-17-15-27(16-18-28)38-34-21-22-36-39(48-49-47-36)37(34)33-11-5-6-12-35(33)43-38;1-21-7-11-24(12-8-21)34-38-35(25-13-9-22(2)10-14-25)40-36(39-34)26-17-15-23(16-18-26)32-28-19-20-30-33(42-43-41-30)31(28)27-5-3-4-6-29(27)37-32/h1-24H;3-20H,1-2H3. The van der Waals surface area contributed by atoms with E-state index in [-0.39, 0.29) is 0 Å². The van der Waals surface area contributed by atoms with Crippen LogP contribution in [0.1, 0.15) is 11.1 Å².